The van der Waals surface area contributed by atoms with E-state index in [-0.39, 0.29) is 12.3 Å². The van der Waals surface area contributed by atoms with Gasteiger partial charge in [0.2, 0.25) is 5.91 Å². The molecule has 0 heterocycles. The van der Waals surface area contributed by atoms with Gasteiger partial charge in [-0.15, -0.1) is 0 Å². The quantitative estimate of drug-likeness (QED) is 0.201. The minimum atomic E-state index is -1.17. The highest BCUT2D eigenvalue weighted by Crippen LogP contribution is 2.10. The summed E-state index contributed by atoms with van der Waals surface area (Å²) in [4.78, 5) is 25.4. The molecule has 3 unspecified atom stereocenters. The van der Waals surface area contributed by atoms with Gasteiger partial charge in [-0.2, -0.15) is 0 Å². The summed E-state index contributed by atoms with van der Waals surface area (Å²) >= 11 is 0. The summed E-state index contributed by atoms with van der Waals surface area (Å²) in [5.41, 5.74) is 11.1. The van der Waals surface area contributed by atoms with Crippen molar-refractivity contribution in [2.45, 2.75) is 50.8 Å². The first-order chi connectivity index (χ1) is 8.88. The summed E-state index contributed by atoms with van der Waals surface area (Å²) in [7, 11) is 0. The molecule has 3 atom stereocenters. The first-order valence-electron chi connectivity index (χ1n) is 6.17. The molecule has 0 aliphatic carbocycles. The monoisotopic (exact) mass is 277 g/mol. The molecule has 112 valence electrons. The van der Waals surface area contributed by atoms with Crippen molar-refractivity contribution in [2.24, 2.45) is 11.5 Å². The Labute approximate surface area is 112 Å². The third kappa shape index (κ3) is 8.49. The van der Waals surface area contributed by atoms with E-state index in [2.05, 4.69) is 10.2 Å². The van der Waals surface area contributed by atoms with Gasteiger partial charge >= 0.3 is 5.97 Å². The van der Waals surface area contributed by atoms with Crippen molar-refractivity contribution in [3.63, 3.8) is 0 Å². The van der Waals surface area contributed by atoms with Crippen LogP contribution in [-0.4, -0.2) is 47.0 Å². The number of carboxylic acids is 1. The number of amides is 1. The van der Waals surface area contributed by atoms with Gasteiger partial charge < -0.3 is 21.9 Å². The zero-order valence-corrected chi connectivity index (χ0v) is 11.0. The van der Waals surface area contributed by atoms with E-state index in [1.54, 1.807) is 0 Å². The number of nitrogens with two attached hydrogens (primary N) is 2. The van der Waals surface area contributed by atoms with E-state index in [1.807, 2.05) is 0 Å². The summed E-state index contributed by atoms with van der Waals surface area (Å²) in [5, 5.41) is 20.0. The molecule has 0 bridgehead atoms. The number of carbonyl (C=O) groups excluding carboxylic acids is 1. The van der Waals surface area contributed by atoms with Crippen molar-refractivity contribution >= 4 is 11.9 Å². The molecule has 0 radical (unpaired) electrons. The van der Waals surface area contributed by atoms with Crippen LogP contribution in [0.2, 0.25) is 0 Å². The zero-order valence-electron chi connectivity index (χ0n) is 11.0. The first kappa shape index (κ1) is 17.8. The normalized spacial score (nSPS) is 15.6. The third-order valence-corrected chi connectivity index (χ3v) is 2.75. The minimum absolute atomic E-state index is 0.0568. The van der Waals surface area contributed by atoms with Crippen molar-refractivity contribution < 1.29 is 24.8 Å². The fraction of sp³-hybridized carbons (Fsp3) is 0.818. The molecule has 0 aromatic heterocycles. The number of hydrogen-bond acceptors (Lipinski definition) is 6. The van der Waals surface area contributed by atoms with Crippen LogP contribution in [0.25, 0.3) is 0 Å². The predicted molar refractivity (Wildman–Crippen MR) is 68.2 cm³/mol. The number of nitrogens with one attached hydrogen (secondary N) is 1. The maximum atomic E-state index is 10.6. The Balaban J connectivity index is 3.91. The van der Waals surface area contributed by atoms with Gasteiger partial charge in [0.05, 0.1) is 0 Å². The number of aliphatic carboxylic acids is 1. The van der Waals surface area contributed by atoms with Crippen LogP contribution in [0.1, 0.15) is 32.6 Å². The van der Waals surface area contributed by atoms with Crippen molar-refractivity contribution in [3.05, 3.63) is 0 Å². The molecule has 0 saturated carbocycles. The van der Waals surface area contributed by atoms with Crippen LogP contribution >= 0.6 is 0 Å². The number of hydrogen-bond donors (Lipinski definition) is 5. The molecule has 19 heavy (non-hydrogen) atoms. The lowest BCUT2D eigenvalue weighted by atomic mass is 9.99. The molecule has 0 fully saturated rings. The number of carboxylic acid groups (broad SMARTS) is 1. The van der Waals surface area contributed by atoms with E-state index in [9.17, 15) is 9.59 Å². The fourth-order valence-corrected chi connectivity index (χ4v) is 1.60. The Morgan fingerprint density at radius 1 is 1.32 bits per heavy atom. The summed E-state index contributed by atoms with van der Waals surface area (Å²) in [6, 6.07) is -1.63. The Morgan fingerprint density at radius 3 is 2.42 bits per heavy atom. The van der Waals surface area contributed by atoms with Crippen molar-refractivity contribution in [2.75, 3.05) is 6.54 Å². The second kappa shape index (κ2) is 9.68. The Morgan fingerprint density at radius 2 is 1.95 bits per heavy atom. The standard InChI is InChI=1S/C11H23N3O5/c1-7(15)14-5-3-2-4-8(12)10(19-18)6-9(13)11(16)17/h8-10,18H,2-6,12-13H2,1H3,(H,14,15)(H,16,17). The average Bonchev–Trinajstić information content (AvgIpc) is 2.34. The van der Waals surface area contributed by atoms with Gasteiger partial charge in [0, 0.05) is 25.9 Å². The van der Waals surface area contributed by atoms with Gasteiger partial charge in [-0.05, 0) is 12.8 Å². The number of carbonyl (C=O) groups is 2. The van der Waals surface area contributed by atoms with Gasteiger partial charge in [0.25, 0.3) is 0 Å². The van der Waals surface area contributed by atoms with Gasteiger partial charge in [0.15, 0.2) is 0 Å². The number of rotatable bonds is 10. The van der Waals surface area contributed by atoms with Crippen molar-refractivity contribution in [1.82, 2.24) is 5.32 Å². The van der Waals surface area contributed by atoms with Crippen LogP contribution in [0, 0.1) is 0 Å². The molecule has 8 heteroatoms. The molecule has 0 rings (SSSR count). The molecule has 7 N–H and O–H groups in total. The minimum Gasteiger partial charge on any atom is -0.480 e. The molecule has 0 aromatic rings. The van der Waals surface area contributed by atoms with E-state index >= 15 is 0 Å². The molecule has 1 amide bonds. The lowest BCUT2D eigenvalue weighted by molar-refractivity contribution is -0.285. The smallest absolute Gasteiger partial charge is 0.320 e. The highest BCUT2D eigenvalue weighted by Gasteiger charge is 2.24. The molecule has 0 spiro atoms. The van der Waals surface area contributed by atoms with E-state index in [1.165, 1.54) is 6.92 Å². The molecule has 8 nitrogen and oxygen atoms in total. The third-order valence-electron chi connectivity index (χ3n) is 2.75. The Hall–Kier alpha value is -1.22. The summed E-state index contributed by atoms with van der Waals surface area (Å²) in [6.45, 7) is 2.00. The zero-order chi connectivity index (χ0) is 14.8. The van der Waals surface area contributed by atoms with Gasteiger partial charge in [-0.3, -0.25) is 14.8 Å². The summed E-state index contributed by atoms with van der Waals surface area (Å²) < 4.78 is 0. The van der Waals surface area contributed by atoms with Crippen LogP contribution in [0.3, 0.4) is 0 Å². The second-order valence-corrected chi connectivity index (χ2v) is 4.47. The number of unbranched alkanes of at least 4 members (excludes halogenated alkanes) is 1. The first-order valence-corrected chi connectivity index (χ1v) is 6.17. The fourth-order valence-electron chi connectivity index (χ4n) is 1.60. The maximum Gasteiger partial charge on any atom is 0.320 e. The molecule has 0 aromatic carbocycles. The van der Waals surface area contributed by atoms with E-state index in [0.717, 1.165) is 12.8 Å². The predicted octanol–water partition coefficient (Wildman–Crippen LogP) is -0.720. The second-order valence-electron chi connectivity index (χ2n) is 4.47. The molecule has 0 aliphatic heterocycles. The highest BCUT2D eigenvalue weighted by atomic mass is 17.1. The lowest BCUT2D eigenvalue weighted by Gasteiger charge is -2.22. The molecule has 0 saturated heterocycles. The van der Waals surface area contributed by atoms with Crippen molar-refractivity contribution in [3.8, 4) is 0 Å². The lowest BCUT2D eigenvalue weighted by Crippen LogP contribution is -2.43. The van der Waals surface area contributed by atoms with Gasteiger partial charge in [-0.1, -0.05) is 6.42 Å². The topological polar surface area (TPSA) is 148 Å². The van der Waals surface area contributed by atoms with Crippen LogP contribution < -0.4 is 16.8 Å². The molecular formula is C11H23N3O5. The van der Waals surface area contributed by atoms with E-state index in [0.29, 0.717) is 13.0 Å². The van der Waals surface area contributed by atoms with E-state index in [4.69, 9.17) is 21.8 Å². The largest absolute Gasteiger partial charge is 0.480 e. The average molecular weight is 277 g/mol. The Bertz CT molecular complexity index is 288. The van der Waals surface area contributed by atoms with E-state index < -0.39 is 24.2 Å². The summed E-state index contributed by atoms with van der Waals surface area (Å²) in [6.07, 6.45) is 1.14. The Kier molecular flexibility index (Phi) is 9.06. The van der Waals surface area contributed by atoms with Gasteiger partial charge in [0.1, 0.15) is 12.1 Å². The van der Waals surface area contributed by atoms with Crippen molar-refractivity contribution in [1.29, 1.82) is 0 Å². The summed E-state index contributed by atoms with van der Waals surface area (Å²) in [5.74, 6) is -1.26. The molecule has 0 aliphatic rings. The highest BCUT2D eigenvalue weighted by molar-refractivity contribution is 5.73. The van der Waals surface area contributed by atoms with Gasteiger partial charge in [-0.25, -0.2) is 4.89 Å². The van der Waals surface area contributed by atoms with Crippen LogP contribution in [0.15, 0.2) is 0 Å². The molecular weight excluding hydrogens is 254 g/mol. The van der Waals surface area contributed by atoms with Crippen LogP contribution in [0.4, 0.5) is 0 Å². The SMILES string of the molecule is CC(=O)NCCCCC(N)C(CC(N)C(=O)O)OO. The van der Waals surface area contributed by atoms with Crippen LogP contribution in [0.5, 0.6) is 0 Å². The maximum absolute atomic E-state index is 10.6. The van der Waals surface area contributed by atoms with Crippen LogP contribution in [-0.2, 0) is 14.5 Å².